The standard InChI is InChI=1S/C14H18ClNO5/c1-9-4-3-5-11(13(9)16(17)18)21-12-8-10(15)14(12)20-7-6-19-2/h3-5,10,12,14H,6-8H2,1-2H3. The lowest BCUT2D eigenvalue weighted by Gasteiger charge is -2.40. The molecule has 0 radical (unpaired) electrons. The Hall–Kier alpha value is -1.37. The molecule has 1 saturated carbocycles. The Balaban J connectivity index is 2.05. The lowest BCUT2D eigenvalue weighted by atomic mass is 9.91. The molecule has 0 bridgehead atoms. The van der Waals surface area contributed by atoms with Gasteiger partial charge in [0.25, 0.3) is 0 Å². The zero-order chi connectivity index (χ0) is 15.4. The van der Waals surface area contributed by atoms with Crippen molar-refractivity contribution in [2.75, 3.05) is 20.3 Å². The Morgan fingerprint density at radius 1 is 1.43 bits per heavy atom. The van der Waals surface area contributed by atoms with Gasteiger partial charge in [-0.15, -0.1) is 11.6 Å². The number of benzene rings is 1. The molecule has 3 atom stereocenters. The van der Waals surface area contributed by atoms with Crippen LogP contribution in [0.25, 0.3) is 0 Å². The van der Waals surface area contributed by atoms with E-state index in [4.69, 9.17) is 25.8 Å². The molecule has 21 heavy (non-hydrogen) atoms. The average molecular weight is 316 g/mol. The van der Waals surface area contributed by atoms with E-state index >= 15 is 0 Å². The molecule has 116 valence electrons. The number of rotatable bonds is 7. The predicted octanol–water partition coefficient (Wildman–Crippen LogP) is 2.69. The van der Waals surface area contributed by atoms with Gasteiger partial charge in [0.15, 0.2) is 5.75 Å². The molecule has 1 aromatic carbocycles. The van der Waals surface area contributed by atoms with E-state index in [0.29, 0.717) is 25.2 Å². The highest BCUT2D eigenvalue weighted by atomic mass is 35.5. The Morgan fingerprint density at radius 2 is 2.19 bits per heavy atom. The van der Waals surface area contributed by atoms with Crippen LogP contribution >= 0.6 is 11.6 Å². The first-order valence-electron chi connectivity index (χ1n) is 6.70. The highest BCUT2D eigenvalue weighted by Crippen LogP contribution is 2.37. The molecule has 6 nitrogen and oxygen atoms in total. The Morgan fingerprint density at radius 3 is 2.81 bits per heavy atom. The van der Waals surface area contributed by atoms with Crippen LogP contribution in [-0.2, 0) is 9.47 Å². The van der Waals surface area contributed by atoms with Gasteiger partial charge in [-0.2, -0.15) is 0 Å². The second-order valence-electron chi connectivity index (χ2n) is 4.91. The molecule has 1 aliphatic rings. The van der Waals surface area contributed by atoms with E-state index in [0.717, 1.165) is 0 Å². The van der Waals surface area contributed by atoms with Gasteiger partial charge in [-0.25, -0.2) is 0 Å². The van der Waals surface area contributed by atoms with Crippen LogP contribution in [0.2, 0.25) is 0 Å². The fourth-order valence-corrected chi connectivity index (χ4v) is 2.66. The van der Waals surface area contributed by atoms with Crippen LogP contribution in [0, 0.1) is 17.0 Å². The molecule has 0 aliphatic heterocycles. The van der Waals surface area contributed by atoms with E-state index in [1.165, 1.54) is 0 Å². The van der Waals surface area contributed by atoms with E-state index < -0.39 is 4.92 Å². The molecule has 1 aromatic rings. The number of methoxy groups -OCH3 is 1. The number of aryl methyl sites for hydroxylation is 1. The molecule has 0 amide bonds. The molecule has 1 fully saturated rings. The summed E-state index contributed by atoms with van der Waals surface area (Å²) in [6, 6.07) is 5.01. The summed E-state index contributed by atoms with van der Waals surface area (Å²) >= 11 is 6.11. The normalized spacial score (nSPS) is 24.4. The van der Waals surface area contributed by atoms with E-state index in [-0.39, 0.29) is 29.0 Å². The quantitative estimate of drug-likeness (QED) is 0.335. The van der Waals surface area contributed by atoms with Gasteiger partial charge in [-0.05, 0) is 13.0 Å². The van der Waals surface area contributed by atoms with Crippen LogP contribution in [0.1, 0.15) is 12.0 Å². The van der Waals surface area contributed by atoms with Gasteiger partial charge in [0.05, 0.1) is 23.5 Å². The van der Waals surface area contributed by atoms with E-state index in [1.54, 1.807) is 32.2 Å². The lowest BCUT2D eigenvalue weighted by Crippen LogP contribution is -2.53. The third-order valence-electron chi connectivity index (χ3n) is 3.44. The number of halogens is 1. The average Bonchev–Trinajstić information content (AvgIpc) is 2.42. The molecule has 2 rings (SSSR count). The van der Waals surface area contributed by atoms with Crippen LogP contribution in [-0.4, -0.2) is 42.8 Å². The molecule has 0 spiro atoms. The van der Waals surface area contributed by atoms with Gasteiger partial charge < -0.3 is 14.2 Å². The van der Waals surface area contributed by atoms with Crippen molar-refractivity contribution in [2.45, 2.75) is 30.9 Å². The minimum absolute atomic E-state index is 0.00818. The van der Waals surface area contributed by atoms with Gasteiger partial charge in [0.2, 0.25) is 0 Å². The van der Waals surface area contributed by atoms with Crippen LogP contribution in [0.4, 0.5) is 5.69 Å². The second kappa shape index (κ2) is 7.06. The van der Waals surface area contributed by atoms with Crippen molar-refractivity contribution >= 4 is 17.3 Å². The molecule has 0 saturated heterocycles. The number of alkyl halides is 1. The van der Waals surface area contributed by atoms with Crippen LogP contribution in [0.3, 0.4) is 0 Å². The van der Waals surface area contributed by atoms with Crippen molar-refractivity contribution in [1.82, 2.24) is 0 Å². The molecular formula is C14H18ClNO5. The second-order valence-corrected chi connectivity index (χ2v) is 5.48. The number of ether oxygens (including phenoxy) is 3. The number of nitro groups is 1. The van der Waals surface area contributed by atoms with Gasteiger partial charge >= 0.3 is 5.69 Å². The largest absolute Gasteiger partial charge is 0.481 e. The topological polar surface area (TPSA) is 70.8 Å². The Bertz CT molecular complexity index is 510. The van der Waals surface area contributed by atoms with E-state index in [1.807, 2.05) is 0 Å². The van der Waals surface area contributed by atoms with Crippen molar-refractivity contribution in [2.24, 2.45) is 0 Å². The summed E-state index contributed by atoms with van der Waals surface area (Å²) in [5.41, 5.74) is 0.558. The summed E-state index contributed by atoms with van der Waals surface area (Å²) in [5.74, 6) is 0.258. The summed E-state index contributed by atoms with van der Waals surface area (Å²) in [5, 5.41) is 11.0. The molecular weight excluding hydrogens is 298 g/mol. The van der Waals surface area contributed by atoms with Crippen molar-refractivity contribution in [3.63, 3.8) is 0 Å². The summed E-state index contributed by atoms with van der Waals surface area (Å²) in [7, 11) is 1.59. The summed E-state index contributed by atoms with van der Waals surface area (Å²) in [6.07, 6.45) is 0.0522. The van der Waals surface area contributed by atoms with Crippen LogP contribution in [0.5, 0.6) is 5.75 Å². The maximum atomic E-state index is 11.1. The number of hydrogen-bond donors (Lipinski definition) is 0. The number of para-hydroxylation sites is 1. The summed E-state index contributed by atoms with van der Waals surface area (Å²) in [6.45, 7) is 2.57. The first kappa shape index (κ1) is 16.0. The zero-order valence-electron chi connectivity index (χ0n) is 12.0. The zero-order valence-corrected chi connectivity index (χ0v) is 12.7. The number of hydrogen-bond acceptors (Lipinski definition) is 5. The van der Waals surface area contributed by atoms with Crippen molar-refractivity contribution in [1.29, 1.82) is 0 Å². The first-order valence-corrected chi connectivity index (χ1v) is 7.13. The highest BCUT2D eigenvalue weighted by Gasteiger charge is 2.43. The molecule has 0 heterocycles. The molecule has 0 aromatic heterocycles. The molecule has 0 N–H and O–H groups in total. The summed E-state index contributed by atoms with van der Waals surface area (Å²) in [4.78, 5) is 10.7. The SMILES string of the molecule is COCCOC1C(Cl)CC1Oc1cccc(C)c1[N+](=O)[O-]. The van der Waals surface area contributed by atoms with Crippen molar-refractivity contribution in [3.8, 4) is 5.75 Å². The first-order chi connectivity index (χ1) is 10.0. The van der Waals surface area contributed by atoms with Gasteiger partial charge in [-0.1, -0.05) is 12.1 Å². The minimum atomic E-state index is -0.428. The third-order valence-corrected chi connectivity index (χ3v) is 3.87. The van der Waals surface area contributed by atoms with E-state index in [2.05, 4.69) is 0 Å². The number of nitrogens with zero attached hydrogens (tertiary/aromatic N) is 1. The molecule has 3 unspecified atom stereocenters. The van der Waals surface area contributed by atoms with Gasteiger partial charge in [0.1, 0.15) is 12.2 Å². The minimum Gasteiger partial charge on any atom is -0.481 e. The fourth-order valence-electron chi connectivity index (χ4n) is 2.25. The maximum absolute atomic E-state index is 11.1. The summed E-state index contributed by atoms with van der Waals surface area (Å²) < 4.78 is 16.3. The molecule has 1 aliphatic carbocycles. The van der Waals surface area contributed by atoms with Gasteiger partial charge in [0, 0.05) is 19.1 Å². The Labute approximate surface area is 128 Å². The van der Waals surface area contributed by atoms with Gasteiger partial charge in [-0.3, -0.25) is 10.1 Å². The fraction of sp³-hybridized carbons (Fsp3) is 0.571. The highest BCUT2D eigenvalue weighted by molar-refractivity contribution is 6.21. The van der Waals surface area contributed by atoms with Crippen molar-refractivity contribution in [3.05, 3.63) is 33.9 Å². The van der Waals surface area contributed by atoms with Crippen LogP contribution < -0.4 is 4.74 Å². The van der Waals surface area contributed by atoms with E-state index in [9.17, 15) is 10.1 Å². The third kappa shape index (κ3) is 3.64. The van der Waals surface area contributed by atoms with Crippen LogP contribution in [0.15, 0.2) is 18.2 Å². The Kier molecular flexibility index (Phi) is 5.39. The predicted molar refractivity (Wildman–Crippen MR) is 78.1 cm³/mol. The monoisotopic (exact) mass is 315 g/mol. The molecule has 7 heteroatoms. The smallest absolute Gasteiger partial charge is 0.313 e. The lowest BCUT2D eigenvalue weighted by molar-refractivity contribution is -0.386. The van der Waals surface area contributed by atoms with Crippen molar-refractivity contribution < 1.29 is 19.1 Å². The maximum Gasteiger partial charge on any atom is 0.313 e. The number of nitro benzene ring substituents is 1.